The Morgan fingerprint density at radius 3 is 2.48 bits per heavy atom. The molecule has 2 aliphatic carbocycles. The van der Waals surface area contributed by atoms with Gasteiger partial charge in [-0.3, -0.25) is 4.99 Å². The van der Waals surface area contributed by atoms with Crippen LogP contribution in [0.3, 0.4) is 0 Å². The van der Waals surface area contributed by atoms with Crippen molar-refractivity contribution in [2.45, 2.75) is 96.4 Å². The third-order valence-electron chi connectivity index (χ3n) is 7.67. The van der Waals surface area contributed by atoms with Gasteiger partial charge in [0.25, 0.3) is 0 Å². The molecular weight excluding hydrogens is 336 g/mol. The van der Waals surface area contributed by atoms with Gasteiger partial charge in [0.05, 0.1) is 6.10 Å². The summed E-state index contributed by atoms with van der Waals surface area (Å²) in [5.74, 6) is 1.68. The van der Waals surface area contributed by atoms with Gasteiger partial charge in [-0.2, -0.15) is 0 Å². The summed E-state index contributed by atoms with van der Waals surface area (Å²) in [6.45, 7) is 11.0. The van der Waals surface area contributed by atoms with Gasteiger partial charge in [0.1, 0.15) is 0 Å². The zero-order valence-corrected chi connectivity index (χ0v) is 17.7. The largest absolute Gasteiger partial charge is 0.377 e. The normalized spacial score (nSPS) is 35.5. The summed E-state index contributed by atoms with van der Waals surface area (Å²) >= 11 is 0. The average Bonchev–Trinajstić information content (AvgIpc) is 3.15. The van der Waals surface area contributed by atoms with Crippen LogP contribution in [0, 0.1) is 11.3 Å². The highest BCUT2D eigenvalue weighted by molar-refractivity contribution is 5.80. The van der Waals surface area contributed by atoms with E-state index in [4.69, 9.17) is 9.73 Å². The second-order valence-corrected chi connectivity index (χ2v) is 9.76. The SMILES string of the molecule is CCN=C(NC1CCN(C2CCCCC2)CC1)NC1C2CCOC2C1(C)C. The van der Waals surface area contributed by atoms with Crippen LogP contribution in [0.15, 0.2) is 4.99 Å². The second-order valence-electron chi connectivity index (χ2n) is 9.76. The maximum atomic E-state index is 5.95. The highest BCUT2D eigenvalue weighted by Gasteiger charge is 2.59. The minimum atomic E-state index is 0.196. The van der Waals surface area contributed by atoms with Gasteiger partial charge in [0.2, 0.25) is 0 Å². The van der Waals surface area contributed by atoms with Gasteiger partial charge in [-0.05, 0) is 39.0 Å². The topological polar surface area (TPSA) is 48.9 Å². The molecule has 3 atom stereocenters. The van der Waals surface area contributed by atoms with Crippen LogP contribution in [0.4, 0.5) is 0 Å². The molecule has 0 spiro atoms. The predicted octanol–water partition coefficient (Wildman–Crippen LogP) is 3.15. The number of hydrogen-bond donors (Lipinski definition) is 2. The van der Waals surface area contributed by atoms with Crippen molar-refractivity contribution in [2.75, 3.05) is 26.2 Å². The molecule has 5 nitrogen and oxygen atoms in total. The van der Waals surface area contributed by atoms with Gasteiger partial charge in [-0.1, -0.05) is 33.1 Å². The molecule has 0 aromatic rings. The Kier molecular flexibility index (Phi) is 5.98. The van der Waals surface area contributed by atoms with Crippen LogP contribution in [-0.2, 0) is 4.74 Å². The van der Waals surface area contributed by atoms with E-state index < -0.39 is 0 Å². The number of ether oxygens (including phenoxy) is 1. The molecule has 2 saturated heterocycles. The van der Waals surface area contributed by atoms with Crippen LogP contribution in [0.1, 0.15) is 72.1 Å². The maximum absolute atomic E-state index is 5.95. The number of aliphatic imine (C=N–C) groups is 1. The molecule has 0 amide bonds. The molecule has 2 saturated carbocycles. The first kappa shape index (κ1) is 19.5. The molecule has 0 aromatic heterocycles. The van der Waals surface area contributed by atoms with E-state index in [1.54, 1.807) is 0 Å². The van der Waals surface area contributed by atoms with Crippen molar-refractivity contribution in [3.63, 3.8) is 0 Å². The summed E-state index contributed by atoms with van der Waals surface area (Å²) in [4.78, 5) is 7.53. The smallest absolute Gasteiger partial charge is 0.191 e. The minimum Gasteiger partial charge on any atom is -0.377 e. The lowest BCUT2D eigenvalue weighted by molar-refractivity contribution is -0.106. The molecule has 2 aliphatic heterocycles. The molecule has 27 heavy (non-hydrogen) atoms. The molecule has 4 aliphatic rings. The fourth-order valence-electron chi connectivity index (χ4n) is 6.10. The third-order valence-corrected chi connectivity index (χ3v) is 7.67. The number of likely N-dealkylation sites (tertiary alicyclic amines) is 1. The van der Waals surface area contributed by atoms with Crippen molar-refractivity contribution in [2.24, 2.45) is 16.3 Å². The van der Waals surface area contributed by atoms with E-state index in [9.17, 15) is 0 Å². The van der Waals surface area contributed by atoms with Crippen LogP contribution in [-0.4, -0.2) is 61.3 Å². The predicted molar refractivity (Wildman–Crippen MR) is 111 cm³/mol. The highest BCUT2D eigenvalue weighted by Crippen LogP contribution is 2.52. The Bertz CT molecular complexity index is 520. The van der Waals surface area contributed by atoms with Gasteiger partial charge >= 0.3 is 0 Å². The first-order valence-electron chi connectivity index (χ1n) is 11.5. The summed E-state index contributed by atoms with van der Waals surface area (Å²) in [5, 5.41) is 7.55. The van der Waals surface area contributed by atoms with Crippen molar-refractivity contribution in [1.29, 1.82) is 0 Å². The Morgan fingerprint density at radius 1 is 1.04 bits per heavy atom. The third kappa shape index (κ3) is 4.00. The molecule has 4 fully saturated rings. The van der Waals surface area contributed by atoms with Gasteiger partial charge in [-0.25, -0.2) is 0 Å². The van der Waals surface area contributed by atoms with E-state index in [0.717, 1.165) is 25.2 Å². The van der Waals surface area contributed by atoms with Crippen molar-refractivity contribution in [1.82, 2.24) is 15.5 Å². The zero-order chi connectivity index (χ0) is 18.9. The molecule has 3 unspecified atom stereocenters. The number of nitrogens with one attached hydrogen (secondary N) is 2. The second kappa shape index (κ2) is 8.28. The Morgan fingerprint density at radius 2 is 1.78 bits per heavy atom. The van der Waals surface area contributed by atoms with E-state index in [1.807, 2.05) is 0 Å². The van der Waals surface area contributed by atoms with Crippen LogP contribution >= 0.6 is 0 Å². The number of fused-ring (bicyclic) bond motifs is 1. The summed E-state index contributed by atoms with van der Waals surface area (Å²) in [6.07, 6.45) is 11.2. The molecule has 0 aromatic carbocycles. The van der Waals surface area contributed by atoms with Gasteiger partial charge < -0.3 is 20.3 Å². The lowest BCUT2D eigenvalue weighted by Crippen LogP contribution is -2.68. The monoisotopic (exact) mass is 376 g/mol. The van der Waals surface area contributed by atoms with E-state index in [2.05, 4.69) is 36.3 Å². The molecule has 4 rings (SSSR count). The van der Waals surface area contributed by atoms with Gasteiger partial charge in [-0.15, -0.1) is 0 Å². The fraction of sp³-hybridized carbons (Fsp3) is 0.955. The van der Waals surface area contributed by atoms with Gasteiger partial charge in [0, 0.05) is 55.7 Å². The molecule has 154 valence electrons. The van der Waals surface area contributed by atoms with Crippen LogP contribution in [0.5, 0.6) is 0 Å². The van der Waals surface area contributed by atoms with E-state index >= 15 is 0 Å². The molecule has 0 bridgehead atoms. The zero-order valence-electron chi connectivity index (χ0n) is 17.7. The quantitative estimate of drug-likeness (QED) is 0.584. The summed E-state index contributed by atoms with van der Waals surface area (Å²) < 4.78 is 5.95. The number of hydrogen-bond acceptors (Lipinski definition) is 3. The summed E-state index contributed by atoms with van der Waals surface area (Å²) in [7, 11) is 0. The fourth-order valence-corrected chi connectivity index (χ4v) is 6.10. The average molecular weight is 377 g/mol. The Labute approximate surface area is 165 Å². The van der Waals surface area contributed by atoms with E-state index in [1.165, 1.54) is 64.5 Å². The van der Waals surface area contributed by atoms with Crippen molar-refractivity contribution in [3.8, 4) is 0 Å². The van der Waals surface area contributed by atoms with E-state index in [0.29, 0.717) is 24.1 Å². The molecular formula is C22H40N4O. The molecule has 2 N–H and O–H groups in total. The van der Waals surface area contributed by atoms with Gasteiger partial charge in [0.15, 0.2) is 5.96 Å². The number of nitrogens with zero attached hydrogens (tertiary/aromatic N) is 2. The Hall–Kier alpha value is -0.810. The number of guanidine groups is 1. The lowest BCUT2D eigenvalue weighted by atomic mass is 9.57. The van der Waals surface area contributed by atoms with Crippen LogP contribution in [0.25, 0.3) is 0 Å². The van der Waals surface area contributed by atoms with Crippen LogP contribution in [0.2, 0.25) is 0 Å². The Balaban J connectivity index is 1.29. The summed E-state index contributed by atoms with van der Waals surface area (Å²) in [6, 6.07) is 1.89. The summed E-state index contributed by atoms with van der Waals surface area (Å²) in [5.41, 5.74) is 0.196. The van der Waals surface area contributed by atoms with Crippen molar-refractivity contribution >= 4 is 5.96 Å². The highest BCUT2D eigenvalue weighted by atomic mass is 16.5. The number of rotatable bonds is 4. The van der Waals surface area contributed by atoms with Crippen molar-refractivity contribution in [3.05, 3.63) is 0 Å². The standard InChI is InChI=1S/C22H40N4O/c1-4-23-21(25-19-18-12-15-27-20(18)22(19,2)3)24-16-10-13-26(14-11-16)17-8-6-5-7-9-17/h16-20H,4-15H2,1-3H3,(H2,23,24,25). The first-order chi connectivity index (χ1) is 13.1. The number of piperidine rings is 1. The van der Waals surface area contributed by atoms with Crippen molar-refractivity contribution < 1.29 is 4.74 Å². The van der Waals surface area contributed by atoms with Crippen LogP contribution < -0.4 is 10.6 Å². The molecule has 0 radical (unpaired) electrons. The van der Waals surface area contributed by atoms with E-state index in [-0.39, 0.29) is 5.41 Å². The first-order valence-corrected chi connectivity index (χ1v) is 11.5. The molecule has 5 heteroatoms. The maximum Gasteiger partial charge on any atom is 0.191 e. The lowest BCUT2D eigenvalue weighted by Gasteiger charge is -2.55. The molecule has 2 heterocycles. The minimum absolute atomic E-state index is 0.196.